The minimum absolute atomic E-state index is 0. The molecule has 0 spiro atoms. The second-order valence-corrected chi connectivity index (χ2v) is 4.98. The third-order valence-corrected chi connectivity index (χ3v) is 1.94. The summed E-state index contributed by atoms with van der Waals surface area (Å²) in [5.74, 6) is 0. The number of hydrogen-bond donors (Lipinski definition) is 1. The van der Waals surface area contributed by atoms with Crippen LogP contribution in [0.15, 0.2) is 0 Å². The molecule has 0 heterocycles. The van der Waals surface area contributed by atoms with Crippen molar-refractivity contribution in [2.75, 3.05) is 26.3 Å². The van der Waals surface area contributed by atoms with Gasteiger partial charge >= 0.3 is 5.30 Å². The van der Waals surface area contributed by atoms with Gasteiger partial charge in [-0.3, -0.25) is 4.39 Å². The zero-order chi connectivity index (χ0) is 12.4. The Bertz CT molecular complexity index is 203. The number of alkyl halides is 1. The van der Waals surface area contributed by atoms with Crippen molar-refractivity contribution in [3.8, 4) is 0 Å². The molecule has 0 aromatic carbocycles. The van der Waals surface area contributed by atoms with Crippen LogP contribution in [0.2, 0.25) is 0 Å². The molecule has 0 saturated carbocycles. The molecular formula is C10H20FN2O2SU-. The normalized spacial score (nSPS) is 10.8. The van der Waals surface area contributed by atoms with Crippen molar-refractivity contribution in [3.05, 3.63) is 4.72 Å². The topological polar surface area (TPSA) is 52.4 Å². The van der Waals surface area contributed by atoms with E-state index in [1.807, 2.05) is 20.8 Å². The summed E-state index contributed by atoms with van der Waals surface area (Å²) in [6.45, 7) is 6.92. The summed E-state index contributed by atoms with van der Waals surface area (Å²) in [5, 5.41) is 2.62. The van der Waals surface area contributed by atoms with Crippen molar-refractivity contribution in [3.63, 3.8) is 0 Å². The van der Waals surface area contributed by atoms with Gasteiger partial charge in [0.2, 0.25) is 0 Å². The Balaban J connectivity index is 0. The van der Waals surface area contributed by atoms with Gasteiger partial charge in [0.25, 0.3) is 0 Å². The second kappa shape index (κ2) is 11.8. The second-order valence-electron chi connectivity index (χ2n) is 4.20. The summed E-state index contributed by atoms with van der Waals surface area (Å²) < 4.78 is 20.7. The van der Waals surface area contributed by atoms with Gasteiger partial charge in [-0.15, -0.1) is 6.54 Å². The molecule has 4 nitrogen and oxygen atoms in total. The molecule has 0 radical (unpaired) electrons. The predicted octanol–water partition coefficient (Wildman–Crippen LogP) is 2.89. The fourth-order valence-electron chi connectivity index (χ4n) is 0.808. The van der Waals surface area contributed by atoms with E-state index in [-0.39, 0.29) is 37.8 Å². The fourth-order valence-corrected chi connectivity index (χ4v) is 1.38. The van der Waals surface area contributed by atoms with Crippen molar-refractivity contribution < 1.29 is 45.0 Å². The molecule has 0 aliphatic heterocycles. The molecule has 0 aliphatic carbocycles. The van der Waals surface area contributed by atoms with Crippen molar-refractivity contribution in [1.29, 1.82) is 0 Å². The molecule has 0 bridgehead atoms. The molecule has 0 fully saturated rings. The van der Waals surface area contributed by atoms with Gasteiger partial charge < -0.3 is 14.8 Å². The average molecular weight is 489 g/mol. The molecule has 0 atom stereocenters. The smallest absolute Gasteiger partial charge is 0.347 e. The van der Waals surface area contributed by atoms with Gasteiger partial charge in [-0.25, -0.2) is 4.79 Å². The van der Waals surface area contributed by atoms with Crippen LogP contribution < -0.4 is 5.32 Å². The van der Waals surface area contributed by atoms with Crippen LogP contribution in [0.25, 0.3) is 4.72 Å². The Hall–Kier alpha value is 0.722. The molecular weight excluding hydrogens is 469 g/mol. The third-order valence-electron chi connectivity index (χ3n) is 1.40. The molecule has 0 aromatic heterocycles. The zero-order valence-electron chi connectivity index (χ0n) is 10.6. The molecule has 0 rings (SSSR count). The number of nitrogens with zero attached hydrogens (tertiary/aromatic N) is 1. The summed E-state index contributed by atoms with van der Waals surface area (Å²) in [7, 11) is 0. The van der Waals surface area contributed by atoms with Crippen LogP contribution in [-0.2, 0) is 4.74 Å². The van der Waals surface area contributed by atoms with Crippen LogP contribution in [0.4, 0.5) is 9.18 Å². The van der Waals surface area contributed by atoms with E-state index in [2.05, 4.69) is 10.0 Å². The van der Waals surface area contributed by atoms with Crippen LogP contribution in [0.1, 0.15) is 27.2 Å². The van der Waals surface area contributed by atoms with Gasteiger partial charge in [0.15, 0.2) is 0 Å². The molecule has 7 heteroatoms. The van der Waals surface area contributed by atoms with Crippen LogP contribution in [0, 0.1) is 31.1 Å². The Morgan fingerprint density at radius 3 is 2.59 bits per heavy atom. The molecule has 100 valence electrons. The Labute approximate surface area is 131 Å². The van der Waals surface area contributed by atoms with E-state index in [0.717, 1.165) is 11.9 Å². The van der Waals surface area contributed by atoms with E-state index < -0.39 is 10.9 Å². The van der Waals surface area contributed by atoms with E-state index in [4.69, 9.17) is 4.74 Å². The Morgan fingerprint density at radius 2 is 2.06 bits per heavy atom. The van der Waals surface area contributed by atoms with Crippen LogP contribution in [0.3, 0.4) is 0 Å². The molecule has 0 aliphatic rings. The molecule has 0 unspecified atom stereocenters. The summed E-state index contributed by atoms with van der Waals surface area (Å²) in [6, 6.07) is 0. The summed E-state index contributed by atoms with van der Waals surface area (Å²) >= 11 is 0.817. The fraction of sp³-hybridized carbons (Fsp3) is 0.900. The molecule has 0 saturated heterocycles. The molecule has 17 heavy (non-hydrogen) atoms. The number of ether oxygens (including phenoxy) is 1. The summed E-state index contributed by atoms with van der Waals surface area (Å²) in [5.41, 5.74) is -0.473. The number of carbonyl (C=O) groups is 1. The Kier molecular flexibility index (Phi) is 13.9. The van der Waals surface area contributed by atoms with E-state index >= 15 is 0 Å². The van der Waals surface area contributed by atoms with E-state index in [1.54, 1.807) is 0 Å². The van der Waals surface area contributed by atoms with Crippen molar-refractivity contribution >= 4 is 17.2 Å². The van der Waals surface area contributed by atoms with Crippen LogP contribution in [0.5, 0.6) is 0 Å². The number of carbonyl (C=O) groups excluding carboxylic acids is 1. The first-order chi connectivity index (χ1) is 7.45. The number of halogens is 1. The van der Waals surface area contributed by atoms with Gasteiger partial charge in [-0.05, 0) is 40.3 Å². The largest absolute Gasteiger partial charge is 0.596 e. The number of rotatable bonds is 7. The van der Waals surface area contributed by atoms with Gasteiger partial charge in [0, 0.05) is 31.1 Å². The third kappa shape index (κ3) is 16.7. The Morgan fingerprint density at radius 1 is 1.41 bits per heavy atom. The van der Waals surface area contributed by atoms with Crippen LogP contribution in [-0.4, -0.2) is 37.2 Å². The van der Waals surface area contributed by atoms with E-state index in [0.29, 0.717) is 26.1 Å². The standard InChI is InChI=1S/C10H20FN2O2S.U/c1-10(2,3)15-9(14)16-13-8-7-12-6-4-5-11;/h12H,4-8H2,1-3H3;/q-1;. The monoisotopic (exact) mass is 489 g/mol. The first kappa shape index (κ1) is 20.0. The minimum Gasteiger partial charge on any atom is -0.596 e. The molecule has 0 amide bonds. The predicted molar refractivity (Wildman–Crippen MR) is 65.5 cm³/mol. The van der Waals surface area contributed by atoms with Crippen molar-refractivity contribution in [2.45, 2.75) is 32.8 Å². The van der Waals surface area contributed by atoms with E-state index in [1.165, 1.54) is 0 Å². The molecule has 0 aromatic rings. The molecule has 1 N–H and O–H groups in total. The van der Waals surface area contributed by atoms with Gasteiger partial charge in [0.05, 0.1) is 6.67 Å². The van der Waals surface area contributed by atoms with Gasteiger partial charge in [0.1, 0.15) is 5.60 Å². The quantitative estimate of drug-likeness (QED) is 0.340. The maximum atomic E-state index is 11.7. The van der Waals surface area contributed by atoms with E-state index in [9.17, 15) is 9.18 Å². The van der Waals surface area contributed by atoms with Crippen LogP contribution >= 0.6 is 11.9 Å². The summed E-state index contributed by atoms with van der Waals surface area (Å²) in [4.78, 5) is 11.2. The average Bonchev–Trinajstić information content (AvgIpc) is 2.13. The first-order valence-electron chi connectivity index (χ1n) is 5.29. The zero-order valence-corrected chi connectivity index (χ0v) is 15.6. The maximum Gasteiger partial charge on any atom is 0.347 e. The number of hydrogen-bond acceptors (Lipinski definition) is 4. The van der Waals surface area contributed by atoms with Crippen molar-refractivity contribution in [2.24, 2.45) is 0 Å². The first-order valence-corrected chi connectivity index (χ1v) is 6.06. The maximum absolute atomic E-state index is 11.7. The minimum atomic E-state index is -0.473. The van der Waals surface area contributed by atoms with Crippen molar-refractivity contribution in [1.82, 2.24) is 5.32 Å². The SMILES string of the molecule is CC(C)(C)OC(=O)S[N-]CCNCCCF.[U]. The van der Waals surface area contributed by atoms with Gasteiger partial charge in [-0.2, -0.15) is 11.9 Å². The van der Waals surface area contributed by atoms with Gasteiger partial charge in [-0.1, -0.05) is 0 Å². The summed E-state index contributed by atoms with van der Waals surface area (Å²) in [6.07, 6.45) is 0.513. The number of nitrogens with one attached hydrogen (secondary N) is 1.